The van der Waals surface area contributed by atoms with Crippen LogP contribution in [-0.2, 0) is 22.4 Å². The van der Waals surface area contributed by atoms with Crippen molar-refractivity contribution in [1.29, 1.82) is 0 Å². The summed E-state index contributed by atoms with van der Waals surface area (Å²) in [5, 5.41) is 3.52. The van der Waals surface area contributed by atoms with Crippen LogP contribution in [0.1, 0.15) is 23.4 Å². The molecule has 0 atom stereocenters. The van der Waals surface area contributed by atoms with E-state index in [2.05, 4.69) is 10.3 Å². The van der Waals surface area contributed by atoms with Crippen molar-refractivity contribution in [3.05, 3.63) is 34.8 Å². The molecule has 4 rings (SSSR count). The van der Waals surface area contributed by atoms with Gasteiger partial charge in [-0.3, -0.25) is 9.59 Å². The second-order valence-corrected chi connectivity index (χ2v) is 7.98. The van der Waals surface area contributed by atoms with Crippen LogP contribution in [0.2, 0.25) is 0 Å². The zero-order valence-corrected chi connectivity index (χ0v) is 14.7. The van der Waals surface area contributed by atoms with Crippen LogP contribution >= 0.6 is 23.1 Å². The lowest BCUT2D eigenvalue weighted by Crippen LogP contribution is -2.41. The Balaban J connectivity index is 1.48. The highest BCUT2D eigenvalue weighted by atomic mass is 32.2. The second kappa shape index (κ2) is 6.57. The largest absolute Gasteiger partial charge is 0.301 e. The molecule has 0 saturated heterocycles. The summed E-state index contributed by atoms with van der Waals surface area (Å²) < 4.78 is 0. The number of benzene rings is 1. The van der Waals surface area contributed by atoms with E-state index in [1.54, 1.807) is 16.2 Å². The first kappa shape index (κ1) is 15.7. The van der Waals surface area contributed by atoms with Crippen LogP contribution in [-0.4, -0.2) is 29.1 Å². The SMILES string of the molecule is O=C(CN1C(=O)CSc2ccccc21)Nc1nc2c(s1)CCCC2. The van der Waals surface area contributed by atoms with Crippen LogP contribution in [0, 0.1) is 0 Å². The second-order valence-electron chi connectivity index (χ2n) is 5.88. The molecule has 1 aromatic heterocycles. The first-order chi connectivity index (χ1) is 11.7. The third-order valence-corrected chi connectivity index (χ3v) is 6.32. The minimum absolute atomic E-state index is 0.0284. The number of hydrogen-bond donors (Lipinski definition) is 1. The summed E-state index contributed by atoms with van der Waals surface area (Å²) in [4.78, 5) is 33.0. The van der Waals surface area contributed by atoms with Gasteiger partial charge in [-0.05, 0) is 37.8 Å². The molecule has 5 nitrogen and oxygen atoms in total. The molecule has 2 amide bonds. The van der Waals surface area contributed by atoms with Crippen LogP contribution < -0.4 is 10.2 Å². The molecule has 1 aliphatic heterocycles. The number of carbonyl (C=O) groups excluding carboxylic acids is 2. The highest BCUT2D eigenvalue weighted by Gasteiger charge is 2.26. The van der Waals surface area contributed by atoms with E-state index in [1.165, 1.54) is 29.5 Å². The maximum absolute atomic E-state index is 12.4. The minimum Gasteiger partial charge on any atom is -0.301 e. The molecule has 7 heteroatoms. The number of thiazole rings is 1. The van der Waals surface area contributed by atoms with E-state index < -0.39 is 0 Å². The Morgan fingerprint density at radius 1 is 1.25 bits per heavy atom. The van der Waals surface area contributed by atoms with E-state index in [0.717, 1.165) is 29.1 Å². The van der Waals surface area contributed by atoms with Gasteiger partial charge in [0.2, 0.25) is 11.8 Å². The van der Waals surface area contributed by atoms with E-state index >= 15 is 0 Å². The van der Waals surface area contributed by atoms with E-state index in [9.17, 15) is 9.59 Å². The van der Waals surface area contributed by atoms with Crippen molar-refractivity contribution < 1.29 is 9.59 Å². The van der Waals surface area contributed by atoms with Crippen molar-refractivity contribution in [2.24, 2.45) is 0 Å². The topological polar surface area (TPSA) is 62.3 Å². The van der Waals surface area contributed by atoms with Crippen LogP contribution in [0.5, 0.6) is 0 Å². The van der Waals surface area contributed by atoms with Gasteiger partial charge in [0.15, 0.2) is 5.13 Å². The molecule has 0 bridgehead atoms. The summed E-state index contributed by atoms with van der Waals surface area (Å²) in [7, 11) is 0. The number of anilines is 2. The lowest BCUT2D eigenvalue weighted by Gasteiger charge is -2.28. The third kappa shape index (κ3) is 3.06. The van der Waals surface area contributed by atoms with Crippen molar-refractivity contribution >= 4 is 45.7 Å². The number of carbonyl (C=O) groups is 2. The van der Waals surface area contributed by atoms with Crippen LogP contribution in [0.3, 0.4) is 0 Å². The van der Waals surface area contributed by atoms with Crippen LogP contribution in [0.25, 0.3) is 0 Å². The minimum atomic E-state index is -0.198. The van der Waals surface area contributed by atoms with Gasteiger partial charge in [-0.25, -0.2) is 4.98 Å². The van der Waals surface area contributed by atoms with Crippen molar-refractivity contribution in [3.63, 3.8) is 0 Å². The fourth-order valence-corrected chi connectivity index (χ4v) is 5.04. The molecule has 1 aliphatic carbocycles. The molecule has 24 heavy (non-hydrogen) atoms. The predicted octanol–water partition coefficient (Wildman–Crippen LogP) is 3.10. The van der Waals surface area contributed by atoms with Gasteiger partial charge in [-0.15, -0.1) is 23.1 Å². The number of nitrogens with zero attached hydrogens (tertiary/aromatic N) is 2. The normalized spacial score (nSPS) is 16.5. The Labute approximate surface area is 148 Å². The molecule has 1 N–H and O–H groups in total. The number of thioether (sulfide) groups is 1. The molecule has 0 unspecified atom stereocenters. The van der Waals surface area contributed by atoms with Crippen molar-refractivity contribution in [2.45, 2.75) is 30.6 Å². The smallest absolute Gasteiger partial charge is 0.246 e. The number of hydrogen-bond acceptors (Lipinski definition) is 5. The predicted molar refractivity (Wildman–Crippen MR) is 96.9 cm³/mol. The van der Waals surface area contributed by atoms with E-state index in [4.69, 9.17) is 0 Å². The molecule has 0 fully saturated rings. The number of nitrogens with one attached hydrogen (secondary N) is 1. The summed E-state index contributed by atoms with van der Waals surface area (Å²) in [5.41, 5.74) is 1.93. The molecule has 1 aromatic carbocycles. The molecule has 2 aliphatic rings. The monoisotopic (exact) mass is 359 g/mol. The zero-order valence-electron chi connectivity index (χ0n) is 13.1. The lowest BCUT2D eigenvalue weighted by molar-refractivity contribution is -0.120. The summed E-state index contributed by atoms with van der Waals surface area (Å²) in [5.74, 6) is 0.138. The fourth-order valence-electron chi connectivity index (χ4n) is 3.04. The van der Waals surface area contributed by atoms with Crippen molar-refractivity contribution in [3.8, 4) is 0 Å². The highest BCUT2D eigenvalue weighted by molar-refractivity contribution is 8.00. The number of aryl methyl sites for hydroxylation is 2. The lowest BCUT2D eigenvalue weighted by atomic mass is 10.0. The van der Waals surface area contributed by atoms with E-state index in [1.807, 2.05) is 24.3 Å². The van der Waals surface area contributed by atoms with Gasteiger partial charge in [0, 0.05) is 9.77 Å². The molecule has 0 spiro atoms. The Hall–Kier alpha value is -1.86. The van der Waals surface area contributed by atoms with E-state index in [-0.39, 0.29) is 18.4 Å². The molecule has 0 radical (unpaired) electrons. The van der Waals surface area contributed by atoms with Gasteiger partial charge < -0.3 is 10.2 Å². The Kier molecular flexibility index (Phi) is 4.28. The summed E-state index contributed by atoms with van der Waals surface area (Å²) in [6.07, 6.45) is 4.41. The Morgan fingerprint density at radius 3 is 2.96 bits per heavy atom. The van der Waals surface area contributed by atoms with Crippen molar-refractivity contribution in [1.82, 2.24) is 4.98 Å². The standard InChI is InChI=1S/C17H17N3O2S2/c21-15(19-17-18-11-5-1-3-7-13(11)24-17)9-20-12-6-2-4-8-14(12)23-10-16(20)22/h2,4,6,8H,1,3,5,7,9-10H2,(H,18,19,21). The van der Waals surface area contributed by atoms with Crippen molar-refractivity contribution in [2.75, 3.05) is 22.5 Å². The first-order valence-corrected chi connectivity index (χ1v) is 9.81. The molecule has 124 valence electrons. The number of amides is 2. The summed E-state index contributed by atoms with van der Waals surface area (Å²) in [6, 6.07) is 7.69. The number of para-hydroxylation sites is 1. The summed E-state index contributed by atoms with van der Waals surface area (Å²) in [6.45, 7) is 0.0284. The van der Waals surface area contributed by atoms with Gasteiger partial charge in [-0.1, -0.05) is 12.1 Å². The molecule has 0 saturated carbocycles. The third-order valence-electron chi connectivity index (χ3n) is 4.20. The Bertz CT molecular complexity index is 779. The van der Waals surface area contributed by atoms with Gasteiger partial charge in [-0.2, -0.15) is 0 Å². The van der Waals surface area contributed by atoms with Gasteiger partial charge in [0.1, 0.15) is 6.54 Å². The summed E-state index contributed by atoms with van der Waals surface area (Å²) >= 11 is 3.08. The first-order valence-electron chi connectivity index (χ1n) is 8.01. The maximum Gasteiger partial charge on any atom is 0.246 e. The molecule has 2 heterocycles. The molecular weight excluding hydrogens is 342 g/mol. The average molecular weight is 359 g/mol. The fraction of sp³-hybridized carbons (Fsp3) is 0.353. The number of fused-ring (bicyclic) bond motifs is 2. The molecule has 2 aromatic rings. The number of aromatic nitrogens is 1. The quantitative estimate of drug-likeness (QED) is 0.915. The van der Waals surface area contributed by atoms with Gasteiger partial charge >= 0.3 is 0 Å². The Morgan fingerprint density at radius 2 is 2.08 bits per heavy atom. The number of rotatable bonds is 3. The van der Waals surface area contributed by atoms with Gasteiger partial charge in [0.25, 0.3) is 0 Å². The zero-order chi connectivity index (χ0) is 16.5. The van der Waals surface area contributed by atoms with Crippen LogP contribution in [0.4, 0.5) is 10.8 Å². The van der Waals surface area contributed by atoms with Gasteiger partial charge in [0.05, 0.1) is 17.1 Å². The van der Waals surface area contributed by atoms with Crippen LogP contribution in [0.15, 0.2) is 29.2 Å². The average Bonchev–Trinajstić information content (AvgIpc) is 2.99. The highest BCUT2D eigenvalue weighted by Crippen LogP contribution is 2.35. The maximum atomic E-state index is 12.4. The molecular formula is C17H17N3O2S2. The van der Waals surface area contributed by atoms with E-state index in [0.29, 0.717) is 10.9 Å².